The molecular weight excluding hydrogens is 483 g/mol. The van der Waals surface area contributed by atoms with Crippen LogP contribution in [0.1, 0.15) is 58.8 Å². The van der Waals surface area contributed by atoms with Crippen molar-refractivity contribution < 1.29 is 14.3 Å². The molecule has 0 bridgehead atoms. The second kappa shape index (κ2) is 11.4. The number of halogens is 2. The summed E-state index contributed by atoms with van der Waals surface area (Å²) in [5.41, 5.74) is 5.22. The van der Waals surface area contributed by atoms with Gasteiger partial charge >= 0.3 is 12.0 Å². The first-order valence-electron chi connectivity index (χ1n) is 11.4. The first-order chi connectivity index (χ1) is 16.9. The summed E-state index contributed by atoms with van der Waals surface area (Å²) in [6.45, 7) is 0. The summed E-state index contributed by atoms with van der Waals surface area (Å²) in [5, 5.41) is 6.68. The van der Waals surface area contributed by atoms with Gasteiger partial charge in [-0.25, -0.2) is 9.59 Å². The summed E-state index contributed by atoms with van der Waals surface area (Å²) < 4.78 is 4.80. The number of amides is 2. The van der Waals surface area contributed by atoms with Crippen LogP contribution in [0, 0.1) is 0 Å². The van der Waals surface area contributed by atoms with Crippen LogP contribution in [-0.2, 0) is 4.74 Å². The van der Waals surface area contributed by atoms with E-state index in [0.717, 1.165) is 24.0 Å². The average molecular weight is 509 g/mol. The molecule has 0 radical (unpaired) electrons. The third kappa shape index (κ3) is 6.44. The molecular formula is C28H26Cl2N2O3. The molecule has 1 aliphatic carbocycles. The number of allylic oxidation sites excluding steroid dienone is 2. The number of benzene rings is 3. The highest BCUT2D eigenvalue weighted by Gasteiger charge is 2.19. The fourth-order valence-corrected chi connectivity index (χ4v) is 4.73. The first-order valence-corrected chi connectivity index (χ1v) is 12.2. The van der Waals surface area contributed by atoms with E-state index in [4.69, 9.17) is 27.9 Å². The van der Waals surface area contributed by atoms with Crippen molar-refractivity contribution in [1.29, 1.82) is 0 Å². The van der Waals surface area contributed by atoms with Crippen LogP contribution in [0.2, 0.25) is 10.0 Å². The Morgan fingerprint density at radius 2 is 1.51 bits per heavy atom. The Balaban J connectivity index is 1.60. The molecule has 3 aromatic rings. The maximum Gasteiger partial charge on any atom is 0.337 e. The second-order valence-electron chi connectivity index (χ2n) is 8.40. The number of urea groups is 1. The molecule has 2 N–H and O–H groups in total. The molecule has 0 fully saturated rings. The maximum atomic E-state index is 12.9. The lowest BCUT2D eigenvalue weighted by Gasteiger charge is -2.21. The number of carbonyl (C=O) groups is 2. The van der Waals surface area contributed by atoms with Gasteiger partial charge < -0.3 is 15.4 Å². The normalized spacial score (nSPS) is 14.0. The minimum Gasteiger partial charge on any atom is -0.465 e. The van der Waals surface area contributed by atoms with Crippen LogP contribution in [0.3, 0.4) is 0 Å². The molecule has 4 rings (SSSR count). The van der Waals surface area contributed by atoms with Gasteiger partial charge in [-0.2, -0.15) is 0 Å². The van der Waals surface area contributed by atoms with E-state index in [1.165, 1.54) is 31.1 Å². The quantitative estimate of drug-likeness (QED) is 0.336. The Morgan fingerprint density at radius 3 is 2.09 bits per heavy atom. The number of carbonyl (C=O) groups excluding carboxylic acids is 2. The topological polar surface area (TPSA) is 67.4 Å². The van der Waals surface area contributed by atoms with E-state index in [9.17, 15) is 9.59 Å². The zero-order valence-electron chi connectivity index (χ0n) is 19.3. The Hall–Kier alpha value is -3.28. The fraction of sp³-hybridized carbons (Fsp3) is 0.214. The van der Waals surface area contributed by atoms with Crippen molar-refractivity contribution in [3.05, 3.63) is 105 Å². The summed E-state index contributed by atoms with van der Waals surface area (Å²) in [6, 6.07) is 19.2. The van der Waals surface area contributed by atoms with Crippen LogP contribution in [0.15, 0.2) is 72.8 Å². The van der Waals surface area contributed by atoms with Gasteiger partial charge in [0.1, 0.15) is 0 Å². The molecule has 35 heavy (non-hydrogen) atoms. The van der Waals surface area contributed by atoms with Crippen molar-refractivity contribution in [3.8, 4) is 0 Å². The monoisotopic (exact) mass is 508 g/mol. The molecule has 0 aliphatic heterocycles. The molecule has 1 unspecified atom stereocenters. The van der Waals surface area contributed by atoms with Crippen molar-refractivity contribution >= 4 is 46.5 Å². The highest BCUT2D eigenvalue weighted by Crippen LogP contribution is 2.30. The summed E-state index contributed by atoms with van der Waals surface area (Å²) in [6.07, 6.45) is 6.95. The van der Waals surface area contributed by atoms with Crippen molar-refractivity contribution in [3.63, 3.8) is 0 Å². The summed E-state index contributed by atoms with van der Waals surface area (Å²) in [7, 11) is 1.34. The minimum absolute atomic E-state index is 0.413. The van der Waals surface area contributed by atoms with E-state index >= 15 is 0 Å². The van der Waals surface area contributed by atoms with Crippen LogP contribution in [-0.4, -0.2) is 19.1 Å². The molecule has 2 amide bonds. The predicted octanol–water partition coefficient (Wildman–Crippen LogP) is 7.65. The SMILES string of the molecule is COC(=O)c1ccc(C(NC(=O)Nc2cc(Cl)cc(Cl)c2)c2ccc(C3=CCCCC3)cc2)cc1. The van der Waals surface area contributed by atoms with Crippen LogP contribution < -0.4 is 10.6 Å². The van der Waals surface area contributed by atoms with Gasteiger partial charge in [0.2, 0.25) is 0 Å². The lowest BCUT2D eigenvalue weighted by Crippen LogP contribution is -2.33. The third-order valence-electron chi connectivity index (χ3n) is 5.97. The predicted molar refractivity (Wildman–Crippen MR) is 141 cm³/mol. The van der Waals surface area contributed by atoms with E-state index in [-0.39, 0.29) is 0 Å². The standard InChI is InChI=1S/C28H26Cl2N2O3/c1-35-27(33)22-13-11-21(12-14-22)26(32-28(34)31-25-16-23(29)15-24(30)17-25)20-9-7-19(8-10-20)18-5-3-2-4-6-18/h5,7-17,26H,2-4,6H2,1H3,(H2,31,32,34). The van der Waals surface area contributed by atoms with Crippen LogP contribution in [0.5, 0.6) is 0 Å². The molecule has 1 atom stereocenters. The lowest BCUT2D eigenvalue weighted by molar-refractivity contribution is 0.0600. The van der Waals surface area contributed by atoms with Gasteiger partial charge in [-0.15, -0.1) is 0 Å². The van der Waals surface area contributed by atoms with Crippen molar-refractivity contribution in [2.24, 2.45) is 0 Å². The molecule has 5 nitrogen and oxygen atoms in total. The maximum absolute atomic E-state index is 12.9. The highest BCUT2D eigenvalue weighted by molar-refractivity contribution is 6.35. The number of methoxy groups -OCH3 is 1. The van der Waals surface area contributed by atoms with Gasteiger partial charge in [0, 0.05) is 15.7 Å². The number of anilines is 1. The van der Waals surface area contributed by atoms with Crippen molar-refractivity contribution in [2.45, 2.75) is 31.7 Å². The average Bonchev–Trinajstić information content (AvgIpc) is 2.87. The zero-order chi connectivity index (χ0) is 24.8. The Bertz CT molecular complexity index is 1220. The van der Waals surface area contributed by atoms with E-state index in [1.807, 2.05) is 24.3 Å². The number of hydrogen-bond acceptors (Lipinski definition) is 3. The first kappa shape index (κ1) is 24.8. The van der Waals surface area contributed by atoms with E-state index in [2.05, 4.69) is 28.8 Å². The molecule has 0 aromatic heterocycles. The van der Waals surface area contributed by atoms with Crippen LogP contribution >= 0.6 is 23.2 Å². The summed E-state index contributed by atoms with van der Waals surface area (Å²) >= 11 is 12.1. The van der Waals surface area contributed by atoms with Gasteiger partial charge in [-0.3, -0.25) is 0 Å². The largest absolute Gasteiger partial charge is 0.465 e. The van der Waals surface area contributed by atoms with Crippen LogP contribution in [0.25, 0.3) is 5.57 Å². The van der Waals surface area contributed by atoms with E-state index in [1.54, 1.807) is 30.3 Å². The summed E-state index contributed by atoms with van der Waals surface area (Å²) in [4.78, 5) is 24.8. The lowest BCUT2D eigenvalue weighted by atomic mass is 9.91. The third-order valence-corrected chi connectivity index (χ3v) is 6.40. The van der Waals surface area contributed by atoms with Gasteiger partial charge in [0.15, 0.2) is 0 Å². The molecule has 3 aromatic carbocycles. The Labute approximate surface area is 215 Å². The van der Waals surface area contributed by atoms with E-state index < -0.39 is 18.0 Å². The van der Waals surface area contributed by atoms with Crippen LogP contribution in [0.4, 0.5) is 10.5 Å². The number of nitrogens with one attached hydrogen (secondary N) is 2. The molecule has 0 saturated carbocycles. The molecule has 7 heteroatoms. The van der Waals surface area contributed by atoms with Gasteiger partial charge in [-0.1, -0.05) is 65.7 Å². The summed E-state index contributed by atoms with van der Waals surface area (Å²) in [5.74, 6) is -0.415. The van der Waals surface area contributed by atoms with E-state index in [0.29, 0.717) is 21.3 Å². The Kier molecular flexibility index (Phi) is 8.11. The van der Waals surface area contributed by atoms with Gasteiger partial charge in [-0.05, 0) is 78.3 Å². The minimum atomic E-state index is -0.453. The zero-order valence-corrected chi connectivity index (χ0v) is 20.8. The van der Waals surface area contributed by atoms with Gasteiger partial charge in [0.05, 0.1) is 18.7 Å². The molecule has 1 aliphatic rings. The molecule has 180 valence electrons. The number of hydrogen-bond donors (Lipinski definition) is 2. The number of esters is 1. The second-order valence-corrected chi connectivity index (χ2v) is 9.27. The Morgan fingerprint density at radius 1 is 0.886 bits per heavy atom. The van der Waals surface area contributed by atoms with Gasteiger partial charge in [0.25, 0.3) is 0 Å². The number of rotatable bonds is 6. The van der Waals surface area contributed by atoms with Crippen molar-refractivity contribution in [1.82, 2.24) is 5.32 Å². The fourth-order valence-electron chi connectivity index (χ4n) is 4.20. The highest BCUT2D eigenvalue weighted by atomic mass is 35.5. The number of ether oxygens (including phenoxy) is 1. The van der Waals surface area contributed by atoms with Crippen molar-refractivity contribution in [2.75, 3.05) is 12.4 Å². The molecule has 0 spiro atoms. The smallest absolute Gasteiger partial charge is 0.337 e. The molecule has 0 heterocycles. The molecule has 0 saturated heterocycles.